The van der Waals surface area contributed by atoms with E-state index in [1.807, 2.05) is 12.1 Å². The Kier molecular flexibility index (Phi) is 4.78. The molecule has 0 amide bonds. The fourth-order valence-corrected chi connectivity index (χ4v) is 1.92. The van der Waals surface area contributed by atoms with E-state index in [2.05, 4.69) is 11.9 Å². The van der Waals surface area contributed by atoms with Crippen molar-refractivity contribution in [3.63, 3.8) is 0 Å². The Bertz CT molecular complexity index is 511. The van der Waals surface area contributed by atoms with E-state index >= 15 is 0 Å². The molecule has 0 aliphatic carbocycles. The molecule has 19 heavy (non-hydrogen) atoms. The van der Waals surface area contributed by atoms with Gasteiger partial charge in [-0.25, -0.2) is 0 Å². The van der Waals surface area contributed by atoms with Gasteiger partial charge in [-0.15, -0.1) is 0 Å². The summed E-state index contributed by atoms with van der Waals surface area (Å²) in [7, 11) is 0. The second-order valence-corrected chi connectivity index (χ2v) is 4.54. The van der Waals surface area contributed by atoms with Crippen LogP contribution >= 0.6 is 0 Å². The number of hydrogen-bond acceptors (Lipinski definition) is 3. The molecule has 0 spiro atoms. The fraction of sp³-hybridized carbons (Fsp3) is 0.312. The zero-order valence-corrected chi connectivity index (χ0v) is 11.2. The van der Waals surface area contributed by atoms with E-state index in [0.29, 0.717) is 11.5 Å². The van der Waals surface area contributed by atoms with Gasteiger partial charge < -0.3 is 9.84 Å². The van der Waals surface area contributed by atoms with Gasteiger partial charge in [-0.2, -0.15) is 0 Å². The van der Waals surface area contributed by atoms with Gasteiger partial charge in [0.2, 0.25) is 0 Å². The highest BCUT2D eigenvalue weighted by Crippen LogP contribution is 2.31. The zero-order valence-electron chi connectivity index (χ0n) is 11.2. The molecule has 2 aromatic rings. The lowest BCUT2D eigenvalue weighted by Crippen LogP contribution is -1.89. The average Bonchev–Trinajstić information content (AvgIpc) is 2.43. The maximum absolute atomic E-state index is 9.97. The van der Waals surface area contributed by atoms with Gasteiger partial charge in [0.25, 0.3) is 0 Å². The molecule has 1 heterocycles. The largest absolute Gasteiger partial charge is 0.504 e. The average molecular weight is 257 g/mol. The minimum atomic E-state index is 0.186. The summed E-state index contributed by atoms with van der Waals surface area (Å²) in [5.74, 6) is 1.33. The van der Waals surface area contributed by atoms with Crippen molar-refractivity contribution in [2.75, 3.05) is 0 Å². The van der Waals surface area contributed by atoms with E-state index < -0.39 is 0 Å². The van der Waals surface area contributed by atoms with Crippen LogP contribution in [-0.2, 0) is 6.42 Å². The molecule has 0 fully saturated rings. The zero-order chi connectivity index (χ0) is 13.5. The summed E-state index contributed by atoms with van der Waals surface area (Å²) in [6.07, 6.45) is 7.89. The van der Waals surface area contributed by atoms with Gasteiger partial charge in [0.05, 0.1) is 0 Å². The van der Waals surface area contributed by atoms with Crippen LogP contribution in [0.4, 0.5) is 0 Å². The second-order valence-electron chi connectivity index (χ2n) is 4.54. The standard InChI is InChI=1S/C16H19NO2/c1-2-3-4-5-13-6-7-16(15(18)12-13)19-14-8-10-17-11-9-14/h6-12,18H,2-5H2,1H3. The van der Waals surface area contributed by atoms with Crippen molar-refractivity contribution in [3.8, 4) is 17.2 Å². The maximum atomic E-state index is 9.97. The van der Waals surface area contributed by atoms with Crippen LogP contribution in [0.2, 0.25) is 0 Å². The Labute approximate surface area is 113 Å². The molecule has 3 heteroatoms. The Morgan fingerprint density at radius 2 is 1.89 bits per heavy atom. The van der Waals surface area contributed by atoms with Crippen LogP contribution in [0.25, 0.3) is 0 Å². The number of unbranched alkanes of at least 4 members (excludes halogenated alkanes) is 2. The maximum Gasteiger partial charge on any atom is 0.169 e. The highest BCUT2D eigenvalue weighted by atomic mass is 16.5. The third kappa shape index (κ3) is 3.98. The molecule has 0 saturated carbocycles. The number of ether oxygens (including phenoxy) is 1. The molecule has 2 rings (SSSR count). The number of aromatic nitrogens is 1. The minimum absolute atomic E-state index is 0.186. The van der Waals surface area contributed by atoms with Crippen molar-refractivity contribution in [1.29, 1.82) is 0 Å². The molecular formula is C16H19NO2. The van der Waals surface area contributed by atoms with Crippen LogP contribution in [0.3, 0.4) is 0 Å². The molecule has 0 aliphatic rings. The lowest BCUT2D eigenvalue weighted by atomic mass is 10.1. The number of hydrogen-bond donors (Lipinski definition) is 1. The van der Waals surface area contributed by atoms with Gasteiger partial charge >= 0.3 is 0 Å². The molecule has 0 aliphatic heterocycles. The first kappa shape index (κ1) is 13.4. The molecular weight excluding hydrogens is 238 g/mol. The normalized spacial score (nSPS) is 10.4. The molecule has 0 bridgehead atoms. The predicted octanol–water partition coefficient (Wildman–Crippen LogP) is 4.31. The van der Waals surface area contributed by atoms with Gasteiger partial charge in [-0.05, 0) is 42.7 Å². The summed E-state index contributed by atoms with van der Waals surface area (Å²) in [5.41, 5.74) is 1.15. The first-order valence-electron chi connectivity index (χ1n) is 6.69. The fourth-order valence-electron chi connectivity index (χ4n) is 1.92. The first-order chi connectivity index (χ1) is 9.29. The Hall–Kier alpha value is -2.03. The number of phenolic OH excluding ortho intramolecular Hbond substituents is 1. The SMILES string of the molecule is CCCCCc1ccc(Oc2ccncc2)c(O)c1. The van der Waals surface area contributed by atoms with Gasteiger partial charge in [-0.3, -0.25) is 4.98 Å². The summed E-state index contributed by atoms with van der Waals surface area (Å²) in [4.78, 5) is 3.92. The number of pyridine rings is 1. The molecule has 100 valence electrons. The van der Waals surface area contributed by atoms with E-state index in [-0.39, 0.29) is 5.75 Å². The van der Waals surface area contributed by atoms with Crippen LogP contribution in [0.15, 0.2) is 42.7 Å². The number of nitrogens with zero attached hydrogens (tertiary/aromatic N) is 1. The highest BCUT2D eigenvalue weighted by Gasteiger charge is 2.05. The van der Waals surface area contributed by atoms with Crippen LogP contribution in [0.5, 0.6) is 17.2 Å². The van der Waals surface area contributed by atoms with Crippen LogP contribution in [-0.4, -0.2) is 10.1 Å². The number of rotatable bonds is 6. The molecule has 1 aromatic heterocycles. The van der Waals surface area contributed by atoms with E-state index in [1.54, 1.807) is 30.6 Å². The number of phenols is 1. The van der Waals surface area contributed by atoms with Gasteiger partial charge in [-0.1, -0.05) is 25.8 Å². The molecule has 0 atom stereocenters. The lowest BCUT2D eigenvalue weighted by Gasteiger charge is -2.09. The van der Waals surface area contributed by atoms with Crippen molar-refractivity contribution in [2.45, 2.75) is 32.6 Å². The third-order valence-electron chi connectivity index (χ3n) is 2.97. The monoisotopic (exact) mass is 257 g/mol. The number of aryl methyl sites for hydroxylation is 1. The summed E-state index contributed by atoms with van der Waals surface area (Å²) in [6, 6.07) is 9.12. The second kappa shape index (κ2) is 6.78. The summed E-state index contributed by atoms with van der Waals surface area (Å²) in [5, 5.41) is 9.97. The third-order valence-corrected chi connectivity index (χ3v) is 2.97. The number of benzene rings is 1. The summed E-state index contributed by atoms with van der Waals surface area (Å²) >= 11 is 0. The smallest absolute Gasteiger partial charge is 0.169 e. The molecule has 1 aromatic carbocycles. The Morgan fingerprint density at radius 1 is 1.11 bits per heavy atom. The Balaban J connectivity index is 2.03. The molecule has 3 nitrogen and oxygen atoms in total. The highest BCUT2D eigenvalue weighted by molar-refractivity contribution is 5.44. The van der Waals surface area contributed by atoms with Crippen molar-refractivity contribution >= 4 is 0 Å². The van der Waals surface area contributed by atoms with Crippen LogP contribution in [0.1, 0.15) is 31.7 Å². The van der Waals surface area contributed by atoms with Crippen molar-refractivity contribution in [1.82, 2.24) is 4.98 Å². The lowest BCUT2D eigenvalue weighted by molar-refractivity contribution is 0.410. The van der Waals surface area contributed by atoms with Crippen LogP contribution < -0.4 is 4.74 Å². The van der Waals surface area contributed by atoms with Crippen molar-refractivity contribution in [3.05, 3.63) is 48.3 Å². The molecule has 1 N–H and O–H groups in total. The summed E-state index contributed by atoms with van der Waals surface area (Å²) in [6.45, 7) is 2.18. The van der Waals surface area contributed by atoms with Gasteiger partial charge in [0.15, 0.2) is 11.5 Å². The topological polar surface area (TPSA) is 42.4 Å². The van der Waals surface area contributed by atoms with E-state index in [9.17, 15) is 5.11 Å². The molecule has 0 radical (unpaired) electrons. The quantitative estimate of drug-likeness (QED) is 0.784. The Morgan fingerprint density at radius 3 is 2.58 bits per heavy atom. The minimum Gasteiger partial charge on any atom is -0.504 e. The van der Waals surface area contributed by atoms with Crippen LogP contribution in [0, 0.1) is 0 Å². The van der Waals surface area contributed by atoms with E-state index in [0.717, 1.165) is 18.4 Å². The van der Waals surface area contributed by atoms with E-state index in [1.165, 1.54) is 12.8 Å². The van der Waals surface area contributed by atoms with Crippen molar-refractivity contribution < 1.29 is 9.84 Å². The van der Waals surface area contributed by atoms with Gasteiger partial charge in [0.1, 0.15) is 5.75 Å². The van der Waals surface area contributed by atoms with Gasteiger partial charge in [0, 0.05) is 12.4 Å². The number of aromatic hydroxyl groups is 1. The predicted molar refractivity (Wildman–Crippen MR) is 75.6 cm³/mol. The first-order valence-corrected chi connectivity index (χ1v) is 6.69. The molecule has 0 unspecified atom stereocenters. The van der Waals surface area contributed by atoms with Crippen molar-refractivity contribution in [2.24, 2.45) is 0 Å². The van der Waals surface area contributed by atoms with E-state index in [4.69, 9.17) is 4.74 Å². The summed E-state index contributed by atoms with van der Waals surface area (Å²) < 4.78 is 5.60. The molecule has 0 saturated heterocycles.